The van der Waals surface area contributed by atoms with E-state index >= 15 is 0 Å². The van der Waals surface area contributed by atoms with Crippen molar-refractivity contribution < 1.29 is 4.79 Å². The maximum absolute atomic E-state index is 13.2. The highest BCUT2D eigenvalue weighted by atomic mass is 32.2. The summed E-state index contributed by atoms with van der Waals surface area (Å²) >= 11 is 2.69. The summed E-state index contributed by atoms with van der Waals surface area (Å²) in [5, 5.41) is 5.41. The van der Waals surface area contributed by atoms with Gasteiger partial charge in [0.05, 0.1) is 17.8 Å². The zero-order chi connectivity index (χ0) is 22.8. The average molecular weight is 464 g/mol. The van der Waals surface area contributed by atoms with E-state index in [4.69, 9.17) is 4.98 Å². The molecule has 164 valence electrons. The van der Waals surface area contributed by atoms with Gasteiger partial charge in [0.2, 0.25) is 5.91 Å². The van der Waals surface area contributed by atoms with Crippen LogP contribution in [0.15, 0.2) is 57.8 Å². The molecule has 0 atom stereocenters. The average Bonchev–Trinajstić information content (AvgIpc) is 3.23. The van der Waals surface area contributed by atoms with Gasteiger partial charge in [-0.2, -0.15) is 0 Å². The number of hydrogen-bond acceptors (Lipinski definition) is 5. The Morgan fingerprint density at radius 1 is 1.03 bits per heavy atom. The van der Waals surface area contributed by atoms with E-state index in [9.17, 15) is 9.59 Å². The second-order valence-electron chi connectivity index (χ2n) is 7.99. The van der Waals surface area contributed by atoms with Gasteiger partial charge in [-0.1, -0.05) is 42.1 Å². The molecule has 4 aromatic rings. The van der Waals surface area contributed by atoms with Gasteiger partial charge in [-0.05, 0) is 73.0 Å². The van der Waals surface area contributed by atoms with Crippen LogP contribution < -0.4 is 10.9 Å². The van der Waals surface area contributed by atoms with Crippen LogP contribution >= 0.6 is 23.1 Å². The molecule has 0 saturated carbocycles. The third-order valence-corrected chi connectivity index (χ3v) is 7.31. The van der Waals surface area contributed by atoms with Gasteiger partial charge in [0.25, 0.3) is 5.56 Å². The predicted octanol–water partition coefficient (Wildman–Crippen LogP) is 5.47. The smallest absolute Gasteiger partial charge is 0.272 e. The molecule has 0 spiro atoms. The van der Waals surface area contributed by atoms with Crippen LogP contribution in [0.5, 0.6) is 0 Å². The van der Waals surface area contributed by atoms with Crippen molar-refractivity contribution >= 4 is 44.9 Å². The van der Waals surface area contributed by atoms with Crippen LogP contribution in [0, 0.1) is 27.7 Å². The molecule has 5 nitrogen and oxygen atoms in total. The number of anilines is 1. The summed E-state index contributed by atoms with van der Waals surface area (Å²) in [6.45, 7) is 8.52. The van der Waals surface area contributed by atoms with E-state index in [1.54, 1.807) is 4.57 Å². The Balaban J connectivity index is 1.60. The first-order chi connectivity index (χ1) is 15.3. The largest absolute Gasteiger partial charge is 0.325 e. The molecule has 2 aromatic carbocycles. The lowest BCUT2D eigenvalue weighted by molar-refractivity contribution is -0.113. The number of hydrogen-bond donors (Lipinski definition) is 1. The molecule has 7 heteroatoms. The van der Waals surface area contributed by atoms with Gasteiger partial charge in [-0.25, -0.2) is 4.98 Å². The topological polar surface area (TPSA) is 64.0 Å². The van der Waals surface area contributed by atoms with Gasteiger partial charge in [-0.3, -0.25) is 14.2 Å². The highest BCUT2D eigenvalue weighted by Crippen LogP contribution is 2.23. The zero-order valence-electron chi connectivity index (χ0n) is 18.6. The number of thioether (sulfide) groups is 1. The van der Waals surface area contributed by atoms with Crippen LogP contribution in [0.25, 0.3) is 10.2 Å². The molecule has 0 aliphatic carbocycles. The van der Waals surface area contributed by atoms with Crippen LogP contribution in [-0.2, 0) is 11.3 Å². The lowest BCUT2D eigenvalue weighted by atomic mass is 10.1. The molecule has 32 heavy (non-hydrogen) atoms. The Morgan fingerprint density at radius 3 is 2.59 bits per heavy atom. The second kappa shape index (κ2) is 9.30. The van der Waals surface area contributed by atoms with E-state index in [2.05, 4.69) is 31.3 Å². The molecule has 0 aliphatic heterocycles. The molecular formula is C25H25N3O2S2. The van der Waals surface area contributed by atoms with Crippen molar-refractivity contribution in [1.29, 1.82) is 0 Å². The summed E-state index contributed by atoms with van der Waals surface area (Å²) in [5.74, 6) is 0.0451. The van der Waals surface area contributed by atoms with Crippen molar-refractivity contribution in [3.63, 3.8) is 0 Å². The van der Waals surface area contributed by atoms with Crippen molar-refractivity contribution in [1.82, 2.24) is 9.55 Å². The van der Waals surface area contributed by atoms with Crippen molar-refractivity contribution in [2.75, 3.05) is 11.1 Å². The third kappa shape index (κ3) is 4.79. The van der Waals surface area contributed by atoms with Gasteiger partial charge in [0.15, 0.2) is 5.16 Å². The van der Waals surface area contributed by atoms with Crippen LogP contribution in [0.1, 0.15) is 27.8 Å². The molecule has 0 unspecified atom stereocenters. The summed E-state index contributed by atoms with van der Waals surface area (Å²) in [6.07, 6.45) is 0. The van der Waals surface area contributed by atoms with E-state index in [1.807, 2.05) is 49.6 Å². The van der Waals surface area contributed by atoms with Gasteiger partial charge in [-0.15, -0.1) is 11.3 Å². The molecule has 0 fully saturated rings. The zero-order valence-corrected chi connectivity index (χ0v) is 20.2. The Morgan fingerprint density at radius 2 is 1.81 bits per heavy atom. The lowest BCUT2D eigenvalue weighted by Crippen LogP contribution is -2.24. The number of rotatable bonds is 6. The Bertz CT molecular complexity index is 1370. The second-order valence-corrected chi connectivity index (χ2v) is 9.85. The van der Waals surface area contributed by atoms with Gasteiger partial charge in [0, 0.05) is 5.69 Å². The van der Waals surface area contributed by atoms with Crippen molar-refractivity contribution in [2.45, 2.75) is 39.4 Å². The van der Waals surface area contributed by atoms with Crippen LogP contribution in [0.4, 0.5) is 5.69 Å². The van der Waals surface area contributed by atoms with Crippen LogP contribution in [0.2, 0.25) is 0 Å². The first-order valence-electron chi connectivity index (χ1n) is 10.4. The van der Waals surface area contributed by atoms with Gasteiger partial charge >= 0.3 is 0 Å². The summed E-state index contributed by atoms with van der Waals surface area (Å²) in [6, 6.07) is 14.0. The summed E-state index contributed by atoms with van der Waals surface area (Å²) in [7, 11) is 0. The molecule has 0 radical (unpaired) electrons. The fraction of sp³-hybridized carbons (Fsp3) is 0.240. The molecule has 0 saturated heterocycles. The minimum atomic E-state index is -0.124. The lowest BCUT2D eigenvalue weighted by Gasteiger charge is -2.13. The third-order valence-electron chi connectivity index (χ3n) is 5.44. The Labute approximate surface area is 195 Å². The number of thiophene rings is 1. The fourth-order valence-corrected chi connectivity index (χ4v) is 5.02. The number of nitrogens with one attached hydrogen (secondary N) is 1. The molecule has 1 N–H and O–H groups in total. The number of amides is 1. The first-order valence-corrected chi connectivity index (χ1v) is 12.2. The monoisotopic (exact) mass is 463 g/mol. The minimum Gasteiger partial charge on any atom is -0.325 e. The SMILES string of the molecule is Cc1ccc(C)c(NC(=O)CSc2nc3ccsc3c(=O)n2Cc2ccc(C)c(C)c2)c1. The van der Waals surface area contributed by atoms with Crippen LogP contribution in [0.3, 0.4) is 0 Å². The summed E-state index contributed by atoms with van der Waals surface area (Å²) in [5.41, 5.74) is 6.95. The van der Waals surface area contributed by atoms with E-state index in [0.29, 0.717) is 21.9 Å². The van der Waals surface area contributed by atoms with E-state index in [1.165, 1.54) is 34.2 Å². The Hall–Kier alpha value is -2.90. The van der Waals surface area contributed by atoms with E-state index in [0.717, 1.165) is 22.4 Å². The van der Waals surface area contributed by atoms with Crippen molar-refractivity contribution in [2.24, 2.45) is 0 Å². The molecule has 0 bridgehead atoms. The minimum absolute atomic E-state index is 0.0688. The van der Waals surface area contributed by atoms with Gasteiger partial charge in [0.1, 0.15) is 4.70 Å². The molecular weight excluding hydrogens is 438 g/mol. The quantitative estimate of drug-likeness (QED) is 0.304. The molecule has 1 amide bonds. The molecule has 4 rings (SSSR count). The Kier molecular flexibility index (Phi) is 6.48. The molecule has 2 heterocycles. The fourth-order valence-electron chi connectivity index (χ4n) is 3.44. The predicted molar refractivity (Wildman–Crippen MR) is 134 cm³/mol. The number of fused-ring (bicyclic) bond motifs is 1. The van der Waals surface area contributed by atoms with Crippen LogP contribution in [-0.4, -0.2) is 21.2 Å². The number of carbonyl (C=O) groups excluding carboxylic acids is 1. The standard InChI is InChI=1S/C25H25N3O2S2/c1-15-5-6-17(3)21(11-15)26-22(29)14-32-25-27-20-9-10-31-23(20)24(30)28(25)13-19-8-7-16(2)18(4)12-19/h5-12H,13-14H2,1-4H3,(H,26,29). The number of aryl methyl sites for hydroxylation is 4. The van der Waals surface area contributed by atoms with Gasteiger partial charge < -0.3 is 5.32 Å². The number of benzene rings is 2. The van der Waals surface area contributed by atoms with Crippen molar-refractivity contribution in [3.8, 4) is 0 Å². The first kappa shape index (κ1) is 22.3. The van der Waals surface area contributed by atoms with E-state index in [-0.39, 0.29) is 17.2 Å². The molecule has 0 aliphatic rings. The van der Waals surface area contributed by atoms with E-state index < -0.39 is 0 Å². The highest BCUT2D eigenvalue weighted by Gasteiger charge is 2.15. The maximum Gasteiger partial charge on any atom is 0.272 e. The number of aromatic nitrogens is 2. The number of nitrogens with zero attached hydrogens (tertiary/aromatic N) is 2. The summed E-state index contributed by atoms with van der Waals surface area (Å²) in [4.78, 5) is 30.6. The normalized spacial score (nSPS) is 11.1. The summed E-state index contributed by atoms with van der Waals surface area (Å²) < 4.78 is 2.32. The maximum atomic E-state index is 13.2. The highest BCUT2D eigenvalue weighted by molar-refractivity contribution is 7.99. The van der Waals surface area contributed by atoms with Crippen molar-refractivity contribution in [3.05, 3.63) is 86.0 Å². The molecule has 2 aromatic heterocycles. The number of carbonyl (C=O) groups is 1.